The zero-order valence-electron chi connectivity index (χ0n) is 16.0. The Hall–Kier alpha value is -1.62. The summed E-state index contributed by atoms with van der Waals surface area (Å²) in [6.07, 6.45) is 4.90. The number of guanidine groups is 1. The molecular weight excluding hydrogens is 317 g/mol. The summed E-state index contributed by atoms with van der Waals surface area (Å²) < 4.78 is 18.4. The summed E-state index contributed by atoms with van der Waals surface area (Å²) in [7, 11) is 3.56. The van der Waals surface area contributed by atoms with Crippen molar-refractivity contribution in [3.63, 3.8) is 0 Å². The minimum absolute atomic E-state index is 0.116. The second-order valence-corrected chi connectivity index (χ2v) is 7.77. The Morgan fingerprint density at radius 1 is 1.24 bits per heavy atom. The molecular formula is C20H32FN3O. The predicted octanol–water partition coefficient (Wildman–Crippen LogP) is 3.48. The zero-order valence-corrected chi connectivity index (χ0v) is 16.0. The van der Waals surface area contributed by atoms with Crippen LogP contribution in [0.3, 0.4) is 0 Å². The topological polar surface area (TPSA) is 45.7 Å². The molecule has 2 N–H and O–H groups in total. The van der Waals surface area contributed by atoms with Gasteiger partial charge in [0, 0.05) is 39.3 Å². The third kappa shape index (κ3) is 5.43. The number of ether oxygens (including phenoxy) is 1. The van der Waals surface area contributed by atoms with Crippen molar-refractivity contribution >= 4 is 5.96 Å². The second-order valence-electron chi connectivity index (χ2n) is 7.77. The minimum Gasteiger partial charge on any atom is -0.385 e. The summed E-state index contributed by atoms with van der Waals surface area (Å²) in [6, 6.07) is 6.73. The predicted molar refractivity (Wildman–Crippen MR) is 102 cm³/mol. The van der Waals surface area contributed by atoms with Crippen molar-refractivity contribution in [2.24, 2.45) is 10.4 Å². The molecule has 1 fully saturated rings. The van der Waals surface area contributed by atoms with E-state index in [2.05, 4.69) is 29.5 Å². The van der Waals surface area contributed by atoms with Gasteiger partial charge in [-0.25, -0.2) is 4.39 Å². The average molecular weight is 349 g/mol. The molecule has 0 aromatic heterocycles. The van der Waals surface area contributed by atoms with Crippen LogP contribution in [-0.2, 0) is 10.2 Å². The molecule has 0 aliphatic heterocycles. The number of benzene rings is 1. The number of hydrogen-bond donors (Lipinski definition) is 2. The van der Waals surface area contributed by atoms with Gasteiger partial charge in [0.15, 0.2) is 5.96 Å². The SMILES string of the molecule is CN=C(NCC1(CCOC)CCC1)NCC(C)(C)c1ccc(F)cc1. The first-order valence-electron chi connectivity index (χ1n) is 9.10. The van der Waals surface area contributed by atoms with Crippen molar-refractivity contribution in [1.29, 1.82) is 0 Å². The standard InChI is InChI=1S/C20H32FN3O/c1-19(2,16-6-8-17(21)9-7-16)14-23-18(22-3)24-15-20(10-5-11-20)12-13-25-4/h6-9H,5,10-15H2,1-4H3,(H2,22,23,24). The number of aliphatic imine (C=N–C) groups is 1. The first kappa shape index (κ1) is 19.7. The van der Waals surface area contributed by atoms with Gasteiger partial charge in [0.1, 0.15) is 5.82 Å². The maximum atomic E-state index is 13.1. The van der Waals surface area contributed by atoms with E-state index >= 15 is 0 Å². The molecule has 5 heteroatoms. The normalized spacial score (nSPS) is 17.1. The Bertz CT molecular complexity index is 565. The van der Waals surface area contributed by atoms with Crippen LogP contribution in [0.15, 0.2) is 29.3 Å². The number of rotatable bonds is 8. The molecule has 0 atom stereocenters. The molecule has 1 saturated carbocycles. The van der Waals surface area contributed by atoms with Gasteiger partial charge in [0.2, 0.25) is 0 Å². The number of methoxy groups -OCH3 is 1. The molecule has 1 aliphatic rings. The van der Waals surface area contributed by atoms with Gasteiger partial charge in [-0.3, -0.25) is 4.99 Å². The Morgan fingerprint density at radius 2 is 1.92 bits per heavy atom. The van der Waals surface area contributed by atoms with Crippen LogP contribution in [0.2, 0.25) is 0 Å². The van der Waals surface area contributed by atoms with E-state index in [1.165, 1.54) is 31.4 Å². The van der Waals surface area contributed by atoms with E-state index in [-0.39, 0.29) is 11.2 Å². The van der Waals surface area contributed by atoms with Crippen molar-refractivity contribution in [2.45, 2.75) is 44.9 Å². The van der Waals surface area contributed by atoms with Gasteiger partial charge in [0.25, 0.3) is 0 Å². The summed E-state index contributed by atoms with van der Waals surface area (Å²) in [5, 5.41) is 6.89. The van der Waals surface area contributed by atoms with Crippen molar-refractivity contribution in [1.82, 2.24) is 10.6 Å². The quantitative estimate of drug-likeness (QED) is 0.558. The van der Waals surface area contributed by atoms with Crippen LogP contribution >= 0.6 is 0 Å². The van der Waals surface area contributed by atoms with Gasteiger partial charge in [-0.1, -0.05) is 32.4 Å². The number of nitrogens with one attached hydrogen (secondary N) is 2. The average Bonchev–Trinajstić information content (AvgIpc) is 2.56. The van der Waals surface area contributed by atoms with Crippen LogP contribution in [0, 0.1) is 11.2 Å². The van der Waals surface area contributed by atoms with E-state index in [9.17, 15) is 4.39 Å². The molecule has 1 aromatic rings. The molecule has 2 rings (SSSR count). The van der Waals surface area contributed by atoms with Gasteiger partial charge >= 0.3 is 0 Å². The van der Waals surface area contributed by atoms with Crippen LogP contribution in [0.4, 0.5) is 4.39 Å². The molecule has 0 saturated heterocycles. The lowest BCUT2D eigenvalue weighted by molar-refractivity contribution is 0.0732. The van der Waals surface area contributed by atoms with Crippen LogP contribution in [0.1, 0.15) is 45.1 Å². The molecule has 0 radical (unpaired) electrons. The molecule has 0 spiro atoms. The molecule has 140 valence electrons. The second kappa shape index (κ2) is 8.65. The van der Waals surface area contributed by atoms with Crippen molar-refractivity contribution < 1.29 is 9.13 Å². The fraction of sp³-hybridized carbons (Fsp3) is 0.650. The van der Waals surface area contributed by atoms with Gasteiger partial charge in [-0.15, -0.1) is 0 Å². The Labute approximate surface area is 151 Å². The molecule has 1 aliphatic carbocycles. The Kier molecular flexibility index (Phi) is 6.82. The fourth-order valence-electron chi connectivity index (χ4n) is 3.31. The number of nitrogens with zero attached hydrogens (tertiary/aromatic N) is 1. The molecule has 0 bridgehead atoms. The molecule has 0 unspecified atom stereocenters. The Balaban J connectivity index is 1.86. The summed E-state index contributed by atoms with van der Waals surface area (Å²) >= 11 is 0. The highest BCUT2D eigenvalue weighted by Crippen LogP contribution is 2.43. The lowest BCUT2D eigenvalue weighted by atomic mass is 9.67. The fourth-order valence-corrected chi connectivity index (χ4v) is 3.31. The van der Waals surface area contributed by atoms with Gasteiger partial charge in [-0.05, 0) is 42.4 Å². The van der Waals surface area contributed by atoms with Crippen LogP contribution in [0.5, 0.6) is 0 Å². The first-order chi connectivity index (χ1) is 11.9. The van der Waals surface area contributed by atoms with E-state index in [0.717, 1.165) is 37.6 Å². The van der Waals surface area contributed by atoms with E-state index in [4.69, 9.17) is 4.74 Å². The van der Waals surface area contributed by atoms with Crippen molar-refractivity contribution in [3.05, 3.63) is 35.6 Å². The smallest absolute Gasteiger partial charge is 0.191 e. The molecule has 0 amide bonds. The zero-order chi connectivity index (χ0) is 18.3. The molecule has 4 nitrogen and oxygen atoms in total. The maximum Gasteiger partial charge on any atom is 0.191 e. The first-order valence-corrected chi connectivity index (χ1v) is 9.10. The summed E-state index contributed by atoms with van der Waals surface area (Å²) in [5.41, 5.74) is 1.34. The summed E-state index contributed by atoms with van der Waals surface area (Å²) in [5.74, 6) is 0.616. The molecule has 25 heavy (non-hydrogen) atoms. The van der Waals surface area contributed by atoms with Gasteiger partial charge < -0.3 is 15.4 Å². The highest BCUT2D eigenvalue weighted by atomic mass is 19.1. The van der Waals surface area contributed by atoms with Gasteiger partial charge in [-0.2, -0.15) is 0 Å². The van der Waals surface area contributed by atoms with Crippen molar-refractivity contribution in [2.75, 3.05) is 33.9 Å². The monoisotopic (exact) mass is 349 g/mol. The number of halogens is 1. The minimum atomic E-state index is -0.202. The lowest BCUT2D eigenvalue weighted by Gasteiger charge is -2.42. The summed E-state index contributed by atoms with van der Waals surface area (Å²) in [4.78, 5) is 4.34. The van der Waals surface area contributed by atoms with Gasteiger partial charge in [0.05, 0.1) is 0 Å². The largest absolute Gasteiger partial charge is 0.385 e. The highest BCUT2D eigenvalue weighted by Gasteiger charge is 2.36. The van der Waals surface area contributed by atoms with E-state index in [1.807, 2.05) is 12.1 Å². The van der Waals surface area contributed by atoms with Crippen LogP contribution in [0.25, 0.3) is 0 Å². The highest BCUT2D eigenvalue weighted by molar-refractivity contribution is 5.79. The lowest BCUT2D eigenvalue weighted by Crippen LogP contribution is -2.49. The third-order valence-electron chi connectivity index (χ3n) is 5.43. The third-order valence-corrected chi connectivity index (χ3v) is 5.43. The van der Waals surface area contributed by atoms with Crippen molar-refractivity contribution in [3.8, 4) is 0 Å². The van der Waals surface area contributed by atoms with E-state index < -0.39 is 0 Å². The maximum absolute atomic E-state index is 13.1. The summed E-state index contributed by atoms with van der Waals surface area (Å²) in [6.45, 7) is 6.75. The van der Waals surface area contributed by atoms with E-state index in [1.54, 1.807) is 14.2 Å². The van der Waals surface area contributed by atoms with Crippen LogP contribution in [-0.4, -0.2) is 39.8 Å². The van der Waals surface area contributed by atoms with E-state index in [0.29, 0.717) is 5.41 Å². The molecule has 0 heterocycles. The number of hydrogen-bond acceptors (Lipinski definition) is 2. The van der Waals surface area contributed by atoms with Crippen LogP contribution < -0.4 is 10.6 Å². The molecule has 1 aromatic carbocycles. The Morgan fingerprint density at radius 3 is 2.44 bits per heavy atom.